The molecule has 0 spiro atoms. The number of amides is 2. The van der Waals surface area contributed by atoms with Gasteiger partial charge in [0.1, 0.15) is 11.7 Å². The fourth-order valence-corrected chi connectivity index (χ4v) is 3.14. The Morgan fingerprint density at radius 2 is 2.08 bits per heavy atom. The molecule has 0 aromatic carbocycles. The van der Waals surface area contributed by atoms with E-state index in [4.69, 9.17) is 0 Å². The molecule has 132 valence electrons. The van der Waals surface area contributed by atoms with Gasteiger partial charge in [-0.2, -0.15) is 13.2 Å². The standard InChI is InChI=1S/C15H13F3N4O2S/c16-15(17,18)11-4-3-9(8-20-11)13(24)22-6-1-2-10(22)12(23)21-14-19-5-7-25-14/h3-5,7-8,10H,1-2,6H2,(H,19,21,23). The van der Waals surface area contributed by atoms with E-state index < -0.39 is 23.8 Å². The van der Waals surface area contributed by atoms with Crippen LogP contribution in [-0.4, -0.2) is 39.3 Å². The Balaban J connectivity index is 1.73. The minimum atomic E-state index is -4.56. The zero-order valence-corrected chi connectivity index (χ0v) is 13.6. The molecule has 1 fully saturated rings. The number of carbonyl (C=O) groups is 2. The first-order chi connectivity index (χ1) is 11.9. The van der Waals surface area contributed by atoms with Crippen LogP contribution in [0.4, 0.5) is 18.3 Å². The summed E-state index contributed by atoms with van der Waals surface area (Å²) in [7, 11) is 0. The van der Waals surface area contributed by atoms with Crippen molar-refractivity contribution in [2.75, 3.05) is 11.9 Å². The maximum Gasteiger partial charge on any atom is 0.433 e. The largest absolute Gasteiger partial charge is 0.433 e. The molecule has 1 aliphatic heterocycles. The number of nitrogens with zero attached hydrogens (tertiary/aromatic N) is 3. The highest BCUT2D eigenvalue weighted by Crippen LogP contribution is 2.28. The average molecular weight is 370 g/mol. The third-order valence-corrected chi connectivity index (χ3v) is 4.47. The summed E-state index contributed by atoms with van der Waals surface area (Å²) in [5, 5.41) is 4.78. The molecule has 3 rings (SSSR count). The number of thiazole rings is 1. The van der Waals surface area contributed by atoms with Crippen LogP contribution in [0.5, 0.6) is 0 Å². The van der Waals surface area contributed by atoms with Crippen LogP contribution in [0.2, 0.25) is 0 Å². The molecule has 2 amide bonds. The molecule has 10 heteroatoms. The van der Waals surface area contributed by atoms with Gasteiger partial charge in [0.2, 0.25) is 5.91 Å². The lowest BCUT2D eigenvalue weighted by molar-refractivity contribution is -0.141. The zero-order valence-electron chi connectivity index (χ0n) is 12.8. The highest BCUT2D eigenvalue weighted by atomic mass is 32.1. The maximum atomic E-state index is 12.6. The van der Waals surface area contributed by atoms with Gasteiger partial charge >= 0.3 is 6.18 Å². The molecule has 0 aliphatic carbocycles. The van der Waals surface area contributed by atoms with Crippen molar-refractivity contribution in [2.24, 2.45) is 0 Å². The first-order valence-corrected chi connectivity index (χ1v) is 8.29. The van der Waals surface area contributed by atoms with Crippen molar-refractivity contribution in [1.82, 2.24) is 14.9 Å². The van der Waals surface area contributed by atoms with Gasteiger partial charge in [0.15, 0.2) is 5.13 Å². The Hall–Kier alpha value is -2.49. The summed E-state index contributed by atoms with van der Waals surface area (Å²) in [5.74, 6) is -0.876. The summed E-state index contributed by atoms with van der Waals surface area (Å²) in [6.07, 6.45) is -1.01. The molecule has 0 saturated carbocycles. The number of nitrogens with one attached hydrogen (secondary N) is 1. The van der Waals surface area contributed by atoms with Gasteiger partial charge in [-0.15, -0.1) is 11.3 Å². The molecule has 2 aromatic heterocycles. The first kappa shape index (κ1) is 17.3. The molecule has 1 aliphatic rings. The number of anilines is 1. The van der Waals surface area contributed by atoms with Gasteiger partial charge in [0.25, 0.3) is 5.91 Å². The summed E-state index contributed by atoms with van der Waals surface area (Å²) in [4.78, 5) is 33.5. The average Bonchev–Trinajstić information content (AvgIpc) is 3.24. The van der Waals surface area contributed by atoms with E-state index in [0.29, 0.717) is 24.5 Å². The Labute approximate surface area is 144 Å². The number of carbonyl (C=O) groups excluding carboxylic acids is 2. The lowest BCUT2D eigenvalue weighted by atomic mass is 10.1. The minimum Gasteiger partial charge on any atom is -0.327 e. The fourth-order valence-electron chi connectivity index (χ4n) is 2.61. The van der Waals surface area contributed by atoms with Crippen molar-refractivity contribution in [3.05, 3.63) is 41.2 Å². The maximum absolute atomic E-state index is 12.6. The van der Waals surface area contributed by atoms with E-state index in [1.807, 2.05) is 0 Å². The molecule has 2 aromatic rings. The van der Waals surface area contributed by atoms with Crippen LogP contribution in [0.1, 0.15) is 28.9 Å². The van der Waals surface area contributed by atoms with E-state index >= 15 is 0 Å². The van der Waals surface area contributed by atoms with Crippen LogP contribution >= 0.6 is 11.3 Å². The van der Waals surface area contributed by atoms with Crippen LogP contribution in [0.3, 0.4) is 0 Å². The van der Waals surface area contributed by atoms with Gasteiger partial charge in [-0.05, 0) is 25.0 Å². The molecule has 25 heavy (non-hydrogen) atoms. The van der Waals surface area contributed by atoms with Crippen molar-refractivity contribution in [2.45, 2.75) is 25.1 Å². The predicted molar refractivity (Wildman–Crippen MR) is 84.0 cm³/mol. The molecule has 1 N–H and O–H groups in total. The van der Waals surface area contributed by atoms with E-state index in [9.17, 15) is 22.8 Å². The van der Waals surface area contributed by atoms with E-state index in [1.54, 1.807) is 11.6 Å². The molecule has 1 unspecified atom stereocenters. The number of halogens is 3. The second-order valence-electron chi connectivity index (χ2n) is 5.41. The SMILES string of the molecule is O=C(Nc1nccs1)C1CCCN1C(=O)c1ccc(C(F)(F)F)nc1. The Morgan fingerprint density at radius 1 is 1.28 bits per heavy atom. The smallest absolute Gasteiger partial charge is 0.327 e. The lowest BCUT2D eigenvalue weighted by Crippen LogP contribution is -2.43. The van der Waals surface area contributed by atoms with Crippen LogP contribution in [0.15, 0.2) is 29.9 Å². The predicted octanol–water partition coefficient (Wildman–Crippen LogP) is 2.80. The molecular weight excluding hydrogens is 357 g/mol. The Bertz CT molecular complexity index is 762. The number of alkyl halides is 3. The molecule has 6 nitrogen and oxygen atoms in total. The van der Waals surface area contributed by atoms with E-state index in [0.717, 1.165) is 18.3 Å². The Kier molecular flexibility index (Phi) is 4.71. The van der Waals surface area contributed by atoms with E-state index in [-0.39, 0.29) is 11.5 Å². The number of likely N-dealkylation sites (tertiary alicyclic amines) is 1. The van der Waals surface area contributed by atoms with Gasteiger partial charge in [-0.1, -0.05) is 0 Å². The van der Waals surface area contributed by atoms with Crippen molar-refractivity contribution in [3.63, 3.8) is 0 Å². The first-order valence-electron chi connectivity index (χ1n) is 7.41. The third kappa shape index (κ3) is 3.78. The van der Waals surface area contributed by atoms with Gasteiger partial charge in [-0.3, -0.25) is 14.6 Å². The molecule has 3 heterocycles. The summed E-state index contributed by atoms with van der Waals surface area (Å²) >= 11 is 1.26. The van der Waals surface area contributed by atoms with Crippen LogP contribution in [0, 0.1) is 0 Å². The topological polar surface area (TPSA) is 75.2 Å². The Morgan fingerprint density at radius 3 is 2.68 bits per heavy atom. The van der Waals surface area contributed by atoms with Crippen molar-refractivity contribution >= 4 is 28.3 Å². The zero-order chi connectivity index (χ0) is 18.0. The van der Waals surface area contributed by atoms with Crippen LogP contribution < -0.4 is 5.32 Å². The van der Waals surface area contributed by atoms with Crippen molar-refractivity contribution < 1.29 is 22.8 Å². The summed E-state index contributed by atoms with van der Waals surface area (Å²) in [6, 6.07) is 1.15. The van der Waals surface area contributed by atoms with E-state index in [1.165, 1.54) is 16.2 Å². The highest BCUT2D eigenvalue weighted by Gasteiger charge is 2.36. The normalized spacial score (nSPS) is 17.6. The van der Waals surface area contributed by atoms with Gasteiger partial charge in [0.05, 0.1) is 5.56 Å². The van der Waals surface area contributed by atoms with Gasteiger partial charge in [0, 0.05) is 24.3 Å². The lowest BCUT2D eigenvalue weighted by Gasteiger charge is -2.23. The number of aromatic nitrogens is 2. The second-order valence-corrected chi connectivity index (χ2v) is 6.31. The number of hydrogen-bond acceptors (Lipinski definition) is 5. The molecule has 0 radical (unpaired) electrons. The van der Waals surface area contributed by atoms with Gasteiger partial charge in [-0.25, -0.2) is 4.98 Å². The number of pyridine rings is 1. The van der Waals surface area contributed by atoms with Crippen molar-refractivity contribution in [1.29, 1.82) is 0 Å². The fraction of sp³-hybridized carbons (Fsp3) is 0.333. The molecule has 1 saturated heterocycles. The monoisotopic (exact) mass is 370 g/mol. The second kappa shape index (κ2) is 6.79. The number of hydrogen-bond donors (Lipinski definition) is 1. The summed E-state index contributed by atoms with van der Waals surface area (Å²) < 4.78 is 37.7. The quantitative estimate of drug-likeness (QED) is 0.902. The van der Waals surface area contributed by atoms with Crippen LogP contribution in [0.25, 0.3) is 0 Å². The minimum absolute atomic E-state index is 0.0157. The summed E-state index contributed by atoms with van der Waals surface area (Å²) in [6.45, 7) is 0.357. The van der Waals surface area contributed by atoms with Gasteiger partial charge < -0.3 is 10.2 Å². The van der Waals surface area contributed by atoms with E-state index in [2.05, 4.69) is 15.3 Å². The molecule has 0 bridgehead atoms. The highest BCUT2D eigenvalue weighted by molar-refractivity contribution is 7.13. The molecule has 1 atom stereocenters. The van der Waals surface area contributed by atoms with Crippen molar-refractivity contribution in [3.8, 4) is 0 Å². The molecular formula is C15H13F3N4O2S. The van der Waals surface area contributed by atoms with Crippen LogP contribution in [-0.2, 0) is 11.0 Å². The third-order valence-electron chi connectivity index (χ3n) is 3.78. The number of rotatable bonds is 3. The summed E-state index contributed by atoms with van der Waals surface area (Å²) in [5.41, 5.74) is -1.05.